The van der Waals surface area contributed by atoms with E-state index in [1.807, 2.05) is 0 Å². The SMILES string of the molecule is CC[C@]1(O)CC[C@@]2(C)C(=CC[C@@H]3C2CC[C@]2(C)[C@@H]([C@H](C)CCC=O)CC[C@@H]32)C1. The molecule has 8 atom stereocenters. The van der Waals surface area contributed by atoms with Gasteiger partial charge in [0.2, 0.25) is 0 Å². The highest BCUT2D eigenvalue weighted by molar-refractivity contribution is 5.49. The van der Waals surface area contributed by atoms with Crippen molar-refractivity contribution in [3.05, 3.63) is 11.6 Å². The minimum absolute atomic E-state index is 0.326. The molecule has 0 amide bonds. The third-order valence-corrected chi connectivity index (χ3v) is 10.4. The van der Waals surface area contributed by atoms with E-state index in [-0.39, 0.29) is 0 Å². The monoisotopic (exact) mass is 386 g/mol. The highest BCUT2D eigenvalue weighted by atomic mass is 16.3. The number of carbonyl (C=O) groups excluding carboxylic acids is 1. The average Bonchev–Trinajstić information content (AvgIpc) is 3.04. The molecule has 2 heteroatoms. The lowest BCUT2D eigenvalue weighted by Gasteiger charge is -2.59. The summed E-state index contributed by atoms with van der Waals surface area (Å²) in [6, 6.07) is 0. The van der Waals surface area contributed by atoms with Crippen molar-refractivity contribution in [1.82, 2.24) is 0 Å². The summed E-state index contributed by atoms with van der Waals surface area (Å²) < 4.78 is 0. The summed E-state index contributed by atoms with van der Waals surface area (Å²) >= 11 is 0. The van der Waals surface area contributed by atoms with Crippen molar-refractivity contribution in [1.29, 1.82) is 0 Å². The number of hydrogen-bond acceptors (Lipinski definition) is 2. The Kier molecular flexibility index (Phi) is 5.35. The Bertz CT molecular complexity index is 638. The Hall–Kier alpha value is -0.630. The molecule has 4 aliphatic rings. The zero-order valence-corrected chi connectivity index (χ0v) is 18.7. The van der Waals surface area contributed by atoms with Crippen LogP contribution in [0.4, 0.5) is 0 Å². The van der Waals surface area contributed by atoms with E-state index in [4.69, 9.17) is 0 Å². The standard InChI is InChI=1S/C26H42O2/c1-5-26(28)15-14-24(3)19(17-26)8-9-20-22-11-10-21(18(2)7-6-16-27)25(22,4)13-12-23(20)24/h8,16,18,20-23,28H,5-7,9-15,17H2,1-4H3/t18-,20+,21-,22+,23?,24+,25-,26+/m1/s1. The van der Waals surface area contributed by atoms with Crippen LogP contribution in [0.3, 0.4) is 0 Å². The number of hydrogen-bond donors (Lipinski definition) is 1. The van der Waals surface area contributed by atoms with E-state index in [1.165, 1.54) is 38.5 Å². The number of fused-ring (bicyclic) bond motifs is 5. The number of carbonyl (C=O) groups is 1. The second-order valence-electron chi connectivity index (χ2n) is 11.5. The zero-order valence-electron chi connectivity index (χ0n) is 18.7. The van der Waals surface area contributed by atoms with Crippen LogP contribution in [0.15, 0.2) is 11.6 Å². The predicted molar refractivity (Wildman–Crippen MR) is 115 cm³/mol. The first-order valence-corrected chi connectivity index (χ1v) is 12.1. The average molecular weight is 387 g/mol. The summed E-state index contributed by atoms with van der Waals surface area (Å²) in [4.78, 5) is 10.9. The van der Waals surface area contributed by atoms with E-state index in [2.05, 4.69) is 33.8 Å². The fourth-order valence-electron chi connectivity index (χ4n) is 8.52. The summed E-state index contributed by atoms with van der Waals surface area (Å²) in [5, 5.41) is 10.9. The molecule has 0 radical (unpaired) electrons. The lowest BCUT2D eigenvalue weighted by molar-refractivity contribution is -0.108. The van der Waals surface area contributed by atoms with Crippen LogP contribution in [0.25, 0.3) is 0 Å². The largest absolute Gasteiger partial charge is 0.390 e. The highest BCUT2D eigenvalue weighted by Gasteiger charge is 2.59. The number of aldehydes is 1. The van der Waals surface area contributed by atoms with Crippen molar-refractivity contribution in [3.63, 3.8) is 0 Å². The molecule has 1 unspecified atom stereocenters. The topological polar surface area (TPSA) is 37.3 Å². The van der Waals surface area contributed by atoms with Crippen LogP contribution in [-0.4, -0.2) is 17.0 Å². The van der Waals surface area contributed by atoms with Gasteiger partial charge in [-0.05, 0) is 105 Å². The Balaban J connectivity index is 1.56. The maximum Gasteiger partial charge on any atom is 0.120 e. The first-order valence-electron chi connectivity index (χ1n) is 12.1. The molecule has 0 spiro atoms. The van der Waals surface area contributed by atoms with Crippen LogP contribution in [0.5, 0.6) is 0 Å². The quantitative estimate of drug-likeness (QED) is 0.443. The molecule has 0 aliphatic heterocycles. The maximum atomic E-state index is 10.9. The molecule has 158 valence electrons. The molecule has 0 heterocycles. The molecule has 0 aromatic rings. The Labute approximate surface area is 172 Å². The molecule has 3 fully saturated rings. The van der Waals surface area contributed by atoms with Gasteiger partial charge in [-0.3, -0.25) is 0 Å². The van der Waals surface area contributed by atoms with Gasteiger partial charge in [-0.2, -0.15) is 0 Å². The summed E-state index contributed by atoms with van der Waals surface area (Å²) in [7, 11) is 0. The van der Waals surface area contributed by atoms with E-state index in [9.17, 15) is 9.90 Å². The van der Waals surface area contributed by atoms with Crippen LogP contribution in [0.2, 0.25) is 0 Å². The van der Waals surface area contributed by atoms with Crippen LogP contribution in [-0.2, 0) is 4.79 Å². The molecule has 4 aliphatic carbocycles. The van der Waals surface area contributed by atoms with Crippen LogP contribution in [0, 0.1) is 40.4 Å². The molecule has 0 aromatic heterocycles. The lowest BCUT2D eigenvalue weighted by Crippen LogP contribution is -2.52. The van der Waals surface area contributed by atoms with Gasteiger partial charge < -0.3 is 9.90 Å². The Morgan fingerprint density at radius 2 is 1.96 bits per heavy atom. The Morgan fingerprint density at radius 1 is 1.18 bits per heavy atom. The van der Waals surface area contributed by atoms with E-state index >= 15 is 0 Å². The molecule has 0 saturated heterocycles. The molecule has 0 aromatic carbocycles. The van der Waals surface area contributed by atoms with Gasteiger partial charge in [0.1, 0.15) is 6.29 Å². The number of aliphatic hydroxyl groups is 1. The van der Waals surface area contributed by atoms with Crippen molar-refractivity contribution in [3.8, 4) is 0 Å². The van der Waals surface area contributed by atoms with Gasteiger partial charge in [0, 0.05) is 6.42 Å². The normalized spacial score (nSPS) is 48.8. The molecule has 0 bridgehead atoms. The lowest BCUT2D eigenvalue weighted by atomic mass is 9.46. The molecular formula is C26H42O2. The van der Waals surface area contributed by atoms with E-state index in [0.717, 1.165) is 62.1 Å². The second kappa shape index (κ2) is 7.25. The molecule has 3 saturated carbocycles. The van der Waals surface area contributed by atoms with Crippen molar-refractivity contribution < 1.29 is 9.90 Å². The van der Waals surface area contributed by atoms with Crippen LogP contribution in [0.1, 0.15) is 98.3 Å². The zero-order chi connectivity index (χ0) is 20.2. The van der Waals surface area contributed by atoms with Gasteiger partial charge in [-0.25, -0.2) is 0 Å². The maximum absolute atomic E-state index is 10.9. The third kappa shape index (κ3) is 3.04. The van der Waals surface area contributed by atoms with Crippen molar-refractivity contribution >= 4 is 6.29 Å². The van der Waals surface area contributed by atoms with Gasteiger partial charge in [-0.15, -0.1) is 0 Å². The van der Waals surface area contributed by atoms with E-state index < -0.39 is 5.60 Å². The van der Waals surface area contributed by atoms with Crippen LogP contribution >= 0.6 is 0 Å². The van der Waals surface area contributed by atoms with Gasteiger partial charge in [0.05, 0.1) is 5.60 Å². The first-order chi connectivity index (χ1) is 13.3. The summed E-state index contributed by atoms with van der Waals surface area (Å²) in [5.74, 6) is 3.99. The van der Waals surface area contributed by atoms with E-state index in [0.29, 0.717) is 16.7 Å². The van der Waals surface area contributed by atoms with Gasteiger partial charge in [0.25, 0.3) is 0 Å². The fraction of sp³-hybridized carbons (Fsp3) is 0.885. The fourth-order valence-corrected chi connectivity index (χ4v) is 8.52. The summed E-state index contributed by atoms with van der Waals surface area (Å²) in [6.45, 7) is 9.68. The molecular weight excluding hydrogens is 344 g/mol. The van der Waals surface area contributed by atoms with Crippen molar-refractivity contribution in [2.45, 2.75) is 104 Å². The number of rotatable bonds is 5. The van der Waals surface area contributed by atoms with Gasteiger partial charge >= 0.3 is 0 Å². The van der Waals surface area contributed by atoms with Gasteiger partial charge in [0.15, 0.2) is 0 Å². The minimum Gasteiger partial charge on any atom is -0.390 e. The summed E-state index contributed by atoms with van der Waals surface area (Å²) in [5.41, 5.74) is 1.94. The smallest absolute Gasteiger partial charge is 0.120 e. The molecule has 4 rings (SSSR count). The summed E-state index contributed by atoms with van der Waals surface area (Å²) in [6.07, 6.45) is 16.2. The van der Waals surface area contributed by atoms with Gasteiger partial charge in [-0.1, -0.05) is 39.3 Å². The first kappa shape index (κ1) is 20.6. The third-order valence-electron chi connectivity index (χ3n) is 10.4. The highest BCUT2D eigenvalue weighted by Crippen LogP contribution is 2.67. The number of allylic oxidation sites excluding steroid dienone is 1. The van der Waals surface area contributed by atoms with Crippen molar-refractivity contribution in [2.24, 2.45) is 40.4 Å². The molecule has 2 nitrogen and oxygen atoms in total. The Morgan fingerprint density at radius 3 is 2.68 bits per heavy atom. The van der Waals surface area contributed by atoms with Crippen molar-refractivity contribution in [2.75, 3.05) is 0 Å². The molecule has 1 N–H and O–H groups in total. The second-order valence-corrected chi connectivity index (χ2v) is 11.5. The predicted octanol–water partition coefficient (Wildman–Crippen LogP) is 6.32. The minimum atomic E-state index is -0.451. The molecule has 28 heavy (non-hydrogen) atoms. The van der Waals surface area contributed by atoms with E-state index in [1.54, 1.807) is 5.57 Å². The van der Waals surface area contributed by atoms with Crippen LogP contribution < -0.4 is 0 Å².